The van der Waals surface area contributed by atoms with Crippen molar-refractivity contribution in [2.24, 2.45) is 0 Å². The van der Waals surface area contributed by atoms with Crippen LogP contribution in [0.1, 0.15) is 18.9 Å². The van der Waals surface area contributed by atoms with Gasteiger partial charge in [0.25, 0.3) is 5.56 Å². The van der Waals surface area contributed by atoms with Crippen molar-refractivity contribution in [3.05, 3.63) is 76.5 Å². The van der Waals surface area contributed by atoms with Crippen molar-refractivity contribution in [1.29, 1.82) is 0 Å². The Balaban J connectivity index is 1.55. The molecule has 0 aliphatic heterocycles. The Morgan fingerprint density at radius 2 is 1.91 bits per heavy atom. The molecule has 0 fully saturated rings. The molecule has 168 valence electrons. The first-order chi connectivity index (χ1) is 16.2. The Kier molecular flexibility index (Phi) is 6.06. The molecule has 0 aliphatic rings. The Bertz CT molecular complexity index is 1510. The molecule has 2 aromatic carbocycles. The van der Waals surface area contributed by atoms with Gasteiger partial charge in [0, 0.05) is 37.1 Å². The predicted octanol–water partition coefficient (Wildman–Crippen LogP) is 4.45. The molecule has 0 unspecified atom stereocenters. The average molecular weight is 464 g/mol. The molecular formula is C24H22FN5O2S. The Hall–Kier alpha value is -3.30. The van der Waals surface area contributed by atoms with E-state index in [1.54, 1.807) is 29.0 Å². The third-order valence-electron chi connectivity index (χ3n) is 5.51. The summed E-state index contributed by atoms with van der Waals surface area (Å²) in [6.45, 7) is 3.65. The van der Waals surface area contributed by atoms with Gasteiger partial charge in [0.05, 0.1) is 16.4 Å². The molecule has 0 bridgehead atoms. The second-order valence-corrected chi connectivity index (χ2v) is 8.48. The smallest absolute Gasteiger partial charge is 0.262 e. The second-order valence-electron chi connectivity index (χ2n) is 7.54. The van der Waals surface area contributed by atoms with Crippen LogP contribution in [0, 0.1) is 5.82 Å². The van der Waals surface area contributed by atoms with Crippen molar-refractivity contribution in [1.82, 2.24) is 24.1 Å². The van der Waals surface area contributed by atoms with Crippen LogP contribution in [-0.2, 0) is 17.0 Å². The number of pyridine rings is 1. The topological polar surface area (TPSA) is 74.3 Å². The fourth-order valence-electron chi connectivity index (χ4n) is 3.95. The van der Waals surface area contributed by atoms with Gasteiger partial charge in [-0.1, -0.05) is 30.0 Å². The summed E-state index contributed by atoms with van der Waals surface area (Å²) in [4.78, 5) is 17.5. The summed E-state index contributed by atoms with van der Waals surface area (Å²) >= 11 is 1.48. The maximum atomic E-state index is 14.2. The van der Waals surface area contributed by atoms with Crippen LogP contribution < -0.4 is 5.56 Å². The largest absolute Gasteiger partial charge is 0.382 e. The van der Waals surface area contributed by atoms with Gasteiger partial charge in [-0.3, -0.25) is 18.7 Å². The van der Waals surface area contributed by atoms with Gasteiger partial charge in [-0.25, -0.2) is 4.39 Å². The normalized spacial score (nSPS) is 11.7. The van der Waals surface area contributed by atoms with Gasteiger partial charge in [-0.05, 0) is 49.2 Å². The fraction of sp³-hybridized carbons (Fsp3) is 0.250. The third-order valence-corrected chi connectivity index (χ3v) is 6.49. The van der Waals surface area contributed by atoms with Gasteiger partial charge < -0.3 is 4.74 Å². The number of thioether (sulfide) groups is 1. The minimum atomic E-state index is -0.290. The number of fused-ring (bicyclic) bond motifs is 4. The van der Waals surface area contributed by atoms with Crippen LogP contribution in [0.15, 0.2) is 64.7 Å². The molecule has 5 aromatic rings. The number of aromatic nitrogens is 5. The van der Waals surface area contributed by atoms with Crippen LogP contribution in [0.3, 0.4) is 0 Å². The maximum absolute atomic E-state index is 14.2. The Morgan fingerprint density at radius 3 is 2.79 bits per heavy atom. The van der Waals surface area contributed by atoms with Crippen LogP contribution in [0.4, 0.5) is 4.39 Å². The fourth-order valence-corrected chi connectivity index (χ4v) is 4.88. The van der Waals surface area contributed by atoms with Gasteiger partial charge in [0.2, 0.25) is 5.78 Å². The minimum Gasteiger partial charge on any atom is -0.382 e. The van der Waals surface area contributed by atoms with Crippen LogP contribution in [-0.4, -0.2) is 37.4 Å². The van der Waals surface area contributed by atoms with Crippen LogP contribution in [0.25, 0.3) is 27.6 Å². The minimum absolute atomic E-state index is 0.0905. The van der Waals surface area contributed by atoms with E-state index in [2.05, 4.69) is 15.2 Å². The van der Waals surface area contributed by atoms with Gasteiger partial charge in [0.1, 0.15) is 5.82 Å². The van der Waals surface area contributed by atoms with E-state index >= 15 is 0 Å². The molecule has 0 spiro atoms. The summed E-state index contributed by atoms with van der Waals surface area (Å²) in [5.74, 6) is 0.744. The average Bonchev–Trinajstić information content (AvgIpc) is 3.27. The summed E-state index contributed by atoms with van der Waals surface area (Å²) in [6.07, 6.45) is 2.36. The van der Waals surface area contributed by atoms with Gasteiger partial charge in [-0.2, -0.15) is 0 Å². The van der Waals surface area contributed by atoms with E-state index in [-0.39, 0.29) is 11.4 Å². The molecule has 0 atom stereocenters. The lowest BCUT2D eigenvalue weighted by Gasteiger charge is -2.11. The molecule has 0 saturated heterocycles. The number of rotatable bonds is 8. The molecule has 3 aromatic heterocycles. The van der Waals surface area contributed by atoms with E-state index in [1.807, 2.05) is 35.6 Å². The van der Waals surface area contributed by atoms with E-state index in [0.717, 1.165) is 11.1 Å². The van der Waals surface area contributed by atoms with Gasteiger partial charge in [0.15, 0.2) is 5.16 Å². The van der Waals surface area contributed by atoms with Gasteiger partial charge in [-0.15, -0.1) is 10.2 Å². The van der Waals surface area contributed by atoms with Crippen molar-refractivity contribution in [3.8, 4) is 0 Å². The lowest BCUT2D eigenvalue weighted by molar-refractivity contribution is 0.141. The first-order valence-corrected chi connectivity index (χ1v) is 11.8. The van der Waals surface area contributed by atoms with Crippen molar-refractivity contribution in [3.63, 3.8) is 0 Å². The van der Waals surface area contributed by atoms with Crippen molar-refractivity contribution in [2.45, 2.75) is 30.8 Å². The van der Waals surface area contributed by atoms with Crippen molar-refractivity contribution >= 4 is 39.3 Å². The highest BCUT2D eigenvalue weighted by Gasteiger charge is 2.17. The monoisotopic (exact) mass is 463 g/mol. The lowest BCUT2D eigenvalue weighted by atomic mass is 10.1. The quantitative estimate of drug-likeness (QED) is 0.250. The molecule has 5 rings (SSSR count). The van der Waals surface area contributed by atoms with E-state index in [9.17, 15) is 9.18 Å². The number of hydrogen-bond donors (Lipinski definition) is 0. The molecule has 33 heavy (non-hydrogen) atoms. The molecule has 0 N–H and O–H groups in total. The van der Waals surface area contributed by atoms with Crippen LogP contribution in [0.2, 0.25) is 0 Å². The zero-order valence-electron chi connectivity index (χ0n) is 18.1. The van der Waals surface area contributed by atoms with E-state index < -0.39 is 0 Å². The molecule has 3 heterocycles. The Labute approximate surface area is 193 Å². The number of halogens is 1. The molecule has 7 nitrogen and oxygen atoms in total. The SMILES string of the molecule is CCOCCCn1c(=O)c2ccccc2n2c(SCc3ccc(F)c4cccnc34)nnc12. The molecule has 0 radical (unpaired) electrons. The summed E-state index contributed by atoms with van der Waals surface area (Å²) in [6, 6.07) is 14.1. The van der Waals surface area contributed by atoms with E-state index in [1.165, 1.54) is 17.8 Å². The van der Waals surface area contributed by atoms with Gasteiger partial charge >= 0.3 is 0 Å². The lowest BCUT2D eigenvalue weighted by Crippen LogP contribution is -2.24. The summed E-state index contributed by atoms with van der Waals surface area (Å²) in [5.41, 5.74) is 2.21. The van der Waals surface area contributed by atoms with Crippen molar-refractivity contribution < 1.29 is 9.13 Å². The number of nitrogens with zero attached hydrogens (tertiary/aromatic N) is 5. The van der Waals surface area contributed by atoms with Crippen LogP contribution >= 0.6 is 11.8 Å². The second kappa shape index (κ2) is 9.29. The number of ether oxygens (including phenoxy) is 1. The highest BCUT2D eigenvalue weighted by Crippen LogP contribution is 2.28. The molecule has 0 amide bonds. The standard InChI is InChI=1S/C24H22FN5O2S/c1-2-32-14-6-13-29-22(31)18-7-3-4-9-20(18)30-23(29)27-28-24(30)33-15-16-10-11-19(25)17-8-5-12-26-21(16)17/h3-5,7-12H,2,6,13-15H2,1H3. The highest BCUT2D eigenvalue weighted by molar-refractivity contribution is 7.98. The summed E-state index contributed by atoms with van der Waals surface area (Å²) in [7, 11) is 0. The van der Waals surface area contributed by atoms with Crippen molar-refractivity contribution in [2.75, 3.05) is 13.2 Å². The molecule has 9 heteroatoms. The summed E-state index contributed by atoms with van der Waals surface area (Å²) in [5, 5.41) is 10.5. The predicted molar refractivity (Wildman–Crippen MR) is 127 cm³/mol. The van der Waals surface area contributed by atoms with E-state index in [4.69, 9.17) is 4.74 Å². The number of para-hydroxylation sites is 1. The molecular weight excluding hydrogens is 441 g/mol. The zero-order valence-corrected chi connectivity index (χ0v) is 18.9. The maximum Gasteiger partial charge on any atom is 0.262 e. The van der Waals surface area contributed by atoms with E-state index in [0.29, 0.717) is 59.2 Å². The first-order valence-electron chi connectivity index (χ1n) is 10.8. The highest BCUT2D eigenvalue weighted by atomic mass is 32.2. The first kappa shape index (κ1) is 21.5. The molecule has 0 aliphatic carbocycles. The number of hydrogen-bond acceptors (Lipinski definition) is 6. The summed E-state index contributed by atoms with van der Waals surface area (Å²) < 4.78 is 23.2. The Morgan fingerprint density at radius 1 is 1.06 bits per heavy atom. The number of benzene rings is 2. The third kappa shape index (κ3) is 3.98. The molecule has 0 saturated carbocycles. The number of aryl methyl sites for hydroxylation is 1. The zero-order chi connectivity index (χ0) is 22.8. The van der Waals surface area contributed by atoms with Crippen LogP contribution in [0.5, 0.6) is 0 Å².